The first-order valence-electron chi connectivity index (χ1n) is 10.2. The molecule has 2 saturated heterocycles. The molecular weight excluding hydrogens is 314 g/mol. The van der Waals surface area contributed by atoms with Gasteiger partial charge in [-0.3, -0.25) is 9.89 Å². The number of aliphatic imine (C=N–C) groups is 1. The highest BCUT2D eigenvalue weighted by Crippen LogP contribution is 2.31. The van der Waals surface area contributed by atoms with Crippen LogP contribution in [0.2, 0.25) is 0 Å². The molecule has 6 nitrogen and oxygen atoms in total. The Labute approximate surface area is 153 Å². The zero-order valence-corrected chi connectivity index (χ0v) is 16.3. The van der Waals surface area contributed by atoms with Crippen LogP contribution in [0.1, 0.15) is 33.1 Å². The van der Waals surface area contributed by atoms with Crippen LogP contribution < -0.4 is 10.6 Å². The van der Waals surface area contributed by atoms with Crippen LogP contribution in [-0.4, -0.2) is 87.4 Å². The molecule has 1 saturated carbocycles. The van der Waals surface area contributed by atoms with Crippen molar-refractivity contribution in [2.24, 2.45) is 16.8 Å². The van der Waals surface area contributed by atoms with Gasteiger partial charge in [-0.15, -0.1) is 0 Å². The summed E-state index contributed by atoms with van der Waals surface area (Å²) in [4.78, 5) is 9.56. The van der Waals surface area contributed by atoms with Crippen molar-refractivity contribution in [3.63, 3.8) is 0 Å². The number of likely N-dealkylation sites (tertiary alicyclic amines) is 1. The van der Waals surface area contributed by atoms with Gasteiger partial charge in [-0.25, -0.2) is 0 Å². The van der Waals surface area contributed by atoms with E-state index in [2.05, 4.69) is 39.3 Å². The molecule has 2 unspecified atom stereocenters. The van der Waals surface area contributed by atoms with Gasteiger partial charge in [-0.2, -0.15) is 0 Å². The van der Waals surface area contributed by atoms with E-state index < -0.39 is 0 Å². The Kier molecular flexibility index (Phi) is 6.96. The second-order valence-electron chi connectivity index (χ2n) is 8.36. The first-order chi connectivity index (χ1) is 12.1. The minimum absolute atomic E-state index is 0.253. The van der Waals surface area contributed by atoms with E-state index >= 15 is 0 Å². The van der Waals surface area contributed by atoms with E-state index in [9.17, 15) is 0 Å². The third-order valence-corrected chi connectivity index (χ3v) is 5.51. The third-order valence-electron chi connectivity index (χ3n) is 5.51. The molecule has 144 valence electrons. The van der Waals surface area contributed by atoms with Crippen LogP contribution >= 0.6 is 0 Å². The Hall–Kier alpha value is -0.850. The Morgan fingerprint density at radius 1 is 1.12 bits per heavy atom. The average molecular weight is 352 g/mol. The molecule has 0 aromatic carbocycles. The van der Waals surface area contributed by atoms with Crippen LogP contribution in [-0.2, 0) is 4.74 Å². The van der Waals surface area contributed by atoms with Crippen LogP contribution in [0.5, 0.6) is 0 Å². The number of nitrogens with one attached hydrogen (secondary N) is 2. The number of rotatable bonds is 7. The Balaban J connectivity index is 1.33. The summed E-state index contributed by atoms with van der Waals surface area (Å²) in [5, 5.41) is 6.97. The van der Waals surface area contributed by atoms with Gasteiger partial charge >= 0.3 is 0 Å². The van der Waals surface area contributed by atoms with Crippen molar-refractivity contribution in [1.82, 2.24) is 20.4 Å². The lowest BCUT2D eigenvalue weighted by atomic mass is 10.1. The highest BCUT2D eigenvalue weighted by molar-refractivity contribution is 5.79. The van der Waals surface area contributed by atoms with Gasteiger partial charge in [-0.1, -0.05) is 13.8 Å². The molecule has 2 N–H and O–H groups in total. The molecule has 25 heavy (non-hydrogen) atoms. The molecule has 1 aliphatic carbocycles. The first-order valence-corrected chi connectivity index (χ1v) is 10.2. The second-order valence-corrected chi connectivity index (χ2v) is 8.36. The first kappa shape index (κ1) is 18.9. The molecule has 0 aromatic rings. The maximum atomic E-state index is 5.92. The Morgan fingerprint density at radius 3 is 2.64 bits per heavy atom. The highest BCUT2D eigenvalue weighted by Gasteiger charge is 2.34. The summed E-state index contributed by atoms with van der Waals surface area (Å²) in [6.45, 7) is 13.0. The van der Waals surface area contributed by atoms with Crippen molar-refractivity contribution in [3.8, 4) is 0 Å². The lowest BCUT2D eigenvalue weighted by Crippen LogP contribution is -2.50. The standard InChI is InChI=1S/C19H37N5O/c1-15(2)12-23-8-9-25-18(14-23)11-22-19(20-3)21-10-16-6-7-24(13-16)17-4-5-17/h15-18H,4-14H2,1-3H3,(H2,20,21,22). The smallest absolute Gasteiger partial charge is 0.191 e. The molecule has 3 aliphatic rings. The molecule has 0 amide bonds. The van der Waals surface area contributed by atoms with E-state index in [1.165, 1.54) is 32.4 Å². The van der Waals surface area contributed by atoms with Crippen molar-refractivity contribution in [2.75, 3.05) is 59.5 Å². The van der Waals surface area contributed by atoms with Gasteiger partial charge in [0.2, 0.25) is 0 Å². The summed E-state index contributed by atoms with van der Waals surface area (Å²) in [5.41, 5.74) is 0. The maximum Gasteiger partial charge on any atom is 0.191 e. The van der Waals surface area contributed by atoms with Crippen LogP contribution in [0.25, 0.3) is 0 Å². The van der Waals surface area contributed by atoms with E-state index in [4.69, 9.17) is 4.74 Å². The lowest BCUT2D eigenvalue weighted by molar-refractivity contribution is -0.0284. The summed E-state index contributed by atoms with van der Waals surface area (Å²) in [7, 11) is 1.85. The topological polar surface area (TPSA) is 52.1 Å². The van der Waals surface area contributed by atoms with Crippen LogP contribution in [0.3, 0.4) is 0 Å². The number of hydrogen-bond acceptors (Lipinski definition) is 4. The quantitative estimate of drug-likeness (QED) is 0.529. The lowest BCUT2D eigenvalue weighted by Gasteiger charge is -2.34. The van der Waals surface area contributed by atoms with E-state index in [-0.39, 0.29) is 6.10 Å². The van der Waals surface area contributed by atoms with E-state index in [0.29, 0.717) is 5.92 Å². The largest absolute Gasteiger partial charge is 0.374 e. The van der Waals surface area contributed by atoms with Gasteiger partial charge in [0, 0.05) is 52.4 Å². The molecule has 3 rings (SSSR count). The van der Waals surface area contributed by atoms with Gasteiger partial charge in [0.25, 0.3) is 0 Å². The third kappa shape index (κ3) is 6.12. The number of morpholine rings is 1. The highest BCUT2D eigenvalue weighted by atomic mass is 16.5. The van der Waals surface area contributed by atoms with Gasteiger partial charge in [-0.05, 0) is 37.6 Å². The predicted octanol–water partition coefficient (Wildman–Crippen LogP) is 0.993. The van der Waals surface area contributed by atoms with Gasteiger partial charge in [0.15, 0.2) is 5.96 Å². The predicted molar refractivity (Wildman–Crippen MR) is 103 cm³/mol. The number of nitrogens with zero attached hydrogens (tertiary/aromatic N) is 3. The van der Waals surface area contributed by atoms with Crippen molar-refractivity contribution >= 4 is 5.96 Å². The fourth-order valence-electron chi connectivity index (χ4n) is 4.06. The minimum Gasteiger partial charge on any atom is -0.374 e. The van der Waals surface area contributed by atoms with Crippen molar-refractivity contribution in [1.29, 1.82) is 0 Å². The summed E-state index contributed by atoms with van der Waals surface area (Å²) in [6.07, 6.45) is 4.40. The molecule has 0 spiro atoms. The van der Waals surface area contributed by atoms with Crippen molar-refractivity contribution in [3.05, 3.63) is 0 Å². The summed E-state index contributed by atoms with van der Waals surface area (Å²) in [6, 6.07) is 0.902. The monoisotopic (exact) mass is 351 g/mol. The number of guanidine groups is 1. The summed E-state index contributed by atoms with van der Waals surface area (Å²) >= 11 is 0. The average Bonchev–Trinajstić information content (AvgIpc) is 3.34. The van der Waals surface area contributed by atoms with E-state index in [1.54, 1.807) is 0 Å². The molecule has 2 atom stereocenters. The van der Waals surface area contributed by atoms with E-state index in [1.807, 2.05) is 7.05 Å². The fraction of sp³-hybridized carbons (Fsp3) is 0.947. The maximum absolute atomic E-state index is 5.92. The molecule has 6 heteroatoms. The van der Waals surface area contributed by atoms with Crippen molar-refractivity contribution in [2.45, 2.75) is 45.3 Å². The van der Waals surface area contributed by atoms with Crippen LogP contribution in [0, 0.1) is 11.8 Å². The van der Waals surface area contributed by atoms with Crippen LogP contribution in [0.15, 0.2) is 4.99 Å². The molecular formula is C19H37N5O. The zero-order valence-electron chi connectivity index (χ0n) is 16.3. The number of ether oxygens (including phenoxy) is 1. The molecule has 0 radical (unpaired) electrons. The molecule has 2 aliphatic heterocycles. The van der Waals surface area contributed by atoms with Gasteiger partial charge in [0.1, 0.15) is 0 Å². The summed E-state index contributed by atoms with van der Waals surface area (Å²) in [5.74, 6) is 2.38. The molecule has 0 bridgehead atoms. The second kappa shape index (κ2) is 9.19. The summed E-state index contributed by atoms with van der Waals surface area (Å²) < 4.78 is 5.92. The van der Waals surface area contributed by atoms with Crippen LogP contribution in [0.4, 0.5) is 0 Å². The van der Waals surface area contributed by atoms with Crippen molar-refractivity contribution < 1.29 is 4.74 Å². The molecule has 2 heterocycles. The number of hydrogen-bond donors (Lipinski definition) is 2. The fourth-order valence-corrected chi connectivity index (χ4v) is 4.06. The minimum atomic E-state index is 0.253. The van der Waals surface area contributed by atoms with Gasteiger partial charge < -0.3 is 20.3 Å². The molecule has 3 fully saturated rings. The SMILES string of the molecule is CN=C(NCC1CCN(C2CC2)C1)NCC1CN(CC(C)C)CCO1. The van der Waals surface area contributed by atoms with E-state index in [0.717, 1.165) is 57.2 Å². The Bertz CT molecular complexity index is 438. The Morgan fingerprint density at radius 2 is 1.92 bits per heavy atom. The normalized spacial score (nSPS) is 29.4. The zero-order chi connectivity index (χ0) is 17.6. The van der Waals surface area contributed by atoms with Gasteiger partial charge in [0.05, 0.1) is 12.7 Å². The molecule has 0 aromatic heterocycles.